The molecule has 6 heteroatoms. The first-order valence-corrected chi connectivity index (χ1v) is 10.1. The van der Waals surface area contributed by atoms with Gasteiger partial charge in [0.15, 0.2) is 0 Å². The summed E-state index contributed by atoms with van der Waals surface area (Å²) in [6.07, 6.45) is 10.6. The van der Waals surface area contributed by atoms with E-state index < -0.39 is 0 Å². The first-order chi connectivity index (χ1) is 12.3. The lowest BCUT2D eigenvalue weighted by atomic mass is 9.93. The van der Waals surface area contributed by atoms with Crippen LogP contribution in [0.5, 0.6) is 0 Å². The first-order valence-electron chi connectivity index (χ1n) is 10.1. The van der Waals surface area contributed by atoms with E-state index in [1.807, 2.05) is 11.1 Å². The summed E-state index contributed by atoms with van der Waals surface area (Å²) in [6.45, 7) is 3.86. The van der Waals surface area contributed by atoms with Gasteiger partial charge in [-0.1, -0.05) is 6.42 Å². The molecular formula is C19H29N5O. The molecule has 2 bridgehead atoms. The molecule has 6 nitrogen and oxygen atoms in total. The number of carbonyl (C=O) groups is 1. The van der Waals surface area contributed by atoms with Crippen molar-refractivity contribution < 1.29 is 4.79 Å². The molecule has 1 aliphatic heterocycles. The average Bonchev–Trinajstić information content (AvgIpc) is 3.38. The van der Waals surface area contributed by atoms with Crippen LogP contribution in [0.25, 0.3) is 0 Å². The lowest BCUT2D eigenvalue weighted by Gasteiger charge is -2.41. The van der Waals surface area contributed by atoms with Crippen molar-refractivity contribution in [1.82, 2.24) is 25.3 Å². The van der Waals surface area contributed by atoms with Gasteiger partial charge in [0.1, 0.15) is 0 Å². The highest BCUT2D eigenvalue weighted by atomic mass is 16.2. The Kier molecular flexibility index (Phi) is 3.95. The third-order valence-corrected chi connectivity index (χ3v) is 7.12. The first kappa shape index (κ1) is 15.7. The molecule has 4 atom stereocenters. The molecule has 5 rings (SSSR count). The molecule has 0 aromatic carbocycles. The van der Waals surface area contributed by atoms with Crippen LogP contribution in [-0.4, -0.2) is 64.3 Å². The number of carbonyl (C=O) groups excluding carboxylic acids is 1. The number of hydrogen-bond acceptors (Lipinski definition) is 3. The minimum Gasteiger partial charge on any atom is -0.335 e. The van der Waals surface area contributed by atoms with Crippen LogP contribution < -0.4 is 5.32 Å². The van der Waals surface area contributed by atoms with Gasteiger partial charge in [0, 0.05) is 44.0 Å². The van der Waals surface area contributed by atoms with Gasteiger partial charge in [-0.05, 0) is 55.9 Å². The molecule has 25 heavy (non-hydrogen) atoms. The Morgan fingerprint density at radius 3 is 2.80 bits per heavy atom. The molecule has 1 aromatic rings. The normalized spacial score (nSPS) is 35.0. The maximum Gasteiger partial charge on any atom is 0.317 e. The third-order valence-electron chi connectivity index (χ3n) is 7.12. The van der Waals surface area contributed by atoms with E-state index in [0.717, 1.165) is 63.3 Å². The summed E-state index contributed by atoms with van der Waals surface area (Å²) < 4.78 is 0. The van der Waals surface area contributed by atoms with Gasteiger partial charge in [0.25, 0.3) is 0 Å². The Hall–Kier alpha value is -1.56. The van der Waals surface area contributed by atoms with Crippen molar-refractivity contribution in [3.05, 3.63) is 17.5 Å². The number of aryl methyl sites for hydroxylation is 1. The molecule has 1 aromatic heterocycles. The summed E-state index contributed by atoms with van der Waals surface area (Å²) in [5.74, 6) is 1.94. The number of aromatic nitrogens is 2. The Morgan fingerprint density at radius 1 is 1.16 bits per heavy atom. The molecule has 2 heterocycles. The van der Waals surface area contributed by atoms with E-state index in [2.05, 4.69) is 20.4 Å². The number of piperazine rings is 1. The van der Waals surface area contributed by atoms with Crippen LogP contribution in [0.1, 0.15) is 43.4 Å². The van der Waals surface area contributed by atoms with Gasteiger partial charge in [-0.3, -0.25) is 10.00 Å². The monoisotopic (exact) mass is 343 g/mol. The zero-order valence-electron chi connectivity index (χ0n) is 14.9. The number of H-pyrrole nitrogens is 1. The van der Waals surface area contributed by atoms with Gasteiger partial charge >= 0.3 is 6.03 Å². The minimum absolute atomic E-state index is 0.129. The quantitative estimate of drug-likeness (QED) is 0.860. The lowest BCUT2D eigenvalue weighted by molar-refractivity contribution is 0.0818. The van der Waals surface area contributed by atoms with E-state index in [1.54, 1.807) is 0 Å². The molecule has 2 amide bonds. The van der Waals surface area contributed by atoms with Crippen LogP contribution in [0.3, 0.4) is 0 Å². The van der Waals surface area contributed by atoms with Gasteiger partial charge in [-0.2, -0.15) is 5.10 Å². The summed E-state index contributed by atoms with van der Waals surface area (Å²) >= 11 is 0. The van der Waals surface area contributed by atoms with Crippen LogP contribution in [0, 0.1) is 11.8 Å². The maximum atomic E-state index is 12.6. The second-order valence-corrected chi connectivity index (χ2v) is 8.53. The van der Waals surface area contributed by atoms with Gasteiger partial charge in [-0.25, -0.2) is 4.79 Å². The zero-order chi connectivity index (χ0) is 16.8. The topological polar surface area (TPSA) is 64.3 Å². The van der Waals surface area contributed by atoms with Gasteiger partial charge in [0.2, 0.25) is 0 Å². The number of rotatable bonds is 2. The highest BCUT2D eigenvalue weighted by Crippen LogP contribution is 2.46. The van der Waals surface area contributed by atoms with Crippen molar-refractivity contribution in [1.29, 1.82) is 0 Å². The average molecular weight is 343 g/mol. The summed E-state index contributed by atoms with van der Waals surface area (Å²) in [5, 5.41) is 10.4. The summed E-state index contributed by atoms with van der Waals surface area (Å²) in [4.78, 5) is 17.3. The lowest BCUT2D eigenvalue weighted by Crippen LogP contribution is -2.56. The molecule has 0 spiro atoms. The Balaban J connectivity index is 1.12. The highest BCUT2D eigenvalue weighted by molar-refractivity contribution is 5.74. The maximum absolute atomic E-state index is 12.6. The molecule has 0 unspecified atom stereocenters. The van der Waals surface area contributed by atoms with Crippen LogP contribution in [0.15, 0.2) is 6.20 Å². The Labute approximate surface area is 149 Å². The summed E-state index contributed by atoms with van der Waals surface area (Å²) in [6, 6.07) is 1.19. The molecule has 2 saturated carbocycles. The predicted molar refractivity (Wildman–Crippen MR) is 95.3 cm³/mol. The Bertz CT molecular complexity index is 636. The molecule has 3 aliphatic carbocycles. The van der Waals surface area contributed by atoms with Crippen molar-refractivity contribution in [3.63, 3.8) is 0 Å². The van der Waals surface area contributed by atoms with Gasteiger partial charge < -0.3 is 10.2 Å². The number of hydrogen-bond donors (Lipinski definition) is 2. The summed E-state index contributed by atoms with van der Waals surface area (Å²) in [5.41, 5.74) is 2.50. The number of nitrogens with zero attached hydrogens (tertiary/aromatic N) is 3. The minimum atomic E-state index is 0.129. The van der Waals surface area contributed by atoms with E-state index in [0.29, 0.717) is 0 Å². The van der Waals surface area contributed by atoms with Crippen LogP contribution >= 0.6 is 0 Å². The van der Waals surface area contributed by atoms with Crippen LogP contribution in [-0.2, 0) is 12.8 Å². The molecule has 4 aliphatic rings. The van der Waals surface area contributed by atoms with E-state index >= 15 is 0 Å². The van der Waals surface area contributed by atoms with Crippen molar-refractivity contribution >= 4 is 6.03 Å². The van der Waals surface area contributed by atoms with E-state index in [1.165, 1.54) is 36.9 Å². The summed E-state index contributed by atoms with van der Waals surface area (Å²) in [7, 11) is 0. The van der Waals surface area contributed by atoms with Gasteiger partial charge in [0.05, 0.1) is 6.20 Å². The molecule has 2 N–H and O–H groups in total. The number of aromatic amines is 1. The van der Waals surface area contributed by atoms with E-state index in [9.17, 15) is 4.79 Å². The highest BCUT2D eigenvalue weighted by Gasteiger charge is 2.43. The molecule has 0 radical (unpaired) electrons. The van der Waals surface area contributed by atoms with Crippen molar-refractivity contribution in [3.8, 4) is 0 Å². The van der Waals surface area contributed by atoms with Crippen molar-refractivity contribution in [2.45, 2.75) is 57.0 Å². The van der Waals surface area contributed by atoms with Crippen molar-refractivity contribution in [2.75, 3.05) is 26.2 Å². The fourth-order valence-electron chi connectivity index (χ4n) is 5.72. The molecule has 3 fully saturated rings. The van der Waals surface area contributed by atoms with Crippen LogP contribution in [0.4, 0.5) is 4.79 Å². The predicted octanol–water partition coefficient (Wildman–Crippen LogP) is 1.78. The third kappa shape index (κ3) is 2.94. The van der Waals surface area contributed by atoms with Crippen molar-refractivity contribution in [2.24, 2.45) is 11.8 Å². The largest absolute Gasteiger partial charge is 0.335 e. The molecule has 136 valence electrons. The second-order valence-electron chi connectivity index (χ2n) is 8.53. The number of amides is 2. The zero-order valence-corrected chi connectivity index (χ0v) is 14.9. The molecule has 1 saturated heterocycles. The van der Waals surface area contributed by atoms with E-state index in [4.69, 9.17) is 0 Å². The van der Waals surface area contributed by atoms with E-state index in [-0.39, 0.29) is 12.1 Å². The number of fused-ring (bicyclic) bond motifs is 3. The fraction of sp³-hybridized carbons (Fsp3) is 0.789. The molecular weight excluding hydrogens is 314 g/mol. The fourth-order valence-corrected chi connectivity index (χ4v) is 5.72. The number of nitrogens with one attached hydrogen (secondary N) is 2. The van der Waals surface area contributed by atoms with Gasteiger partial charge in [-0.15, -0.1) is 0 Å². The SMILES string of the molecule is O=C(N[C@H]1CCc2[nH]ncc2C1)N1CCN([C@@H]2C[C@H]3CC[C@H]2C3)CC1. The Morgan fingerprint density at radius 2 is 2.04 bits per heavy atom. The van der Waals surface area contributed by atoms with Crippen LogP contribution in [0.2, 0.25) is 0 Å². The smallest absolute Gasteiger partial charge is 0.317 e. The standard InChI is InChI=1S/C19H29N5O/c25-19(21-16-3-4-17-15(11-16)12-20-22-17)24-7-5-23(6-8-24)18-10-13-1-2-14(18)9-13/h12-14,16,18H,1-11H2,(H,20,22)(H,21,25)/t13-,14-,16-,18+/m0/s1. The second kappa shape index (κ2) is 6.31. The number of urea groups is 1.